The van der Waals surface area contributed by atoms with Gasteiger partial charge in [-0.15, -0.1) is 11.8 Å². The molecule has 1 aliphatic heterocycles. The summed E-state index contributed by atoms with van der Waals surface area (Å²) in [5.41, 5.74) is 0.663. The lowest BCUT2D eigenvalue weighted by Crippen LogP contribution is -2.27. The number of sulfonamides is 1. The normalized spacial score (nSPS) is 15.1. The fraction of sp³-hybridized carbons (Fsp3) is 0.263. The average molecular weight is 468 g/mol. The fourth-order valence-corrected chi connectivity index (χ4v) is 6.40. The molecule has 2 aromatic carbocycles. The van der Waals surface area contributed by atoms with Gasteiger partial charge in [0.1, 0.15) is 0 Å². The lowest BCUT2D eigenvalue weighted by molar-refractivity contribution is -0.113. The predicted molar refractivity (Wildman–Crippen MR) is 118 cm³/mol. The Bertz CT molecular complexity index is 1140. The van der Waals surface area contributed by atoms with Gasteiger partial charge in [-0.05, 0) is 55.3 Å². The summed E-state index contributed by atoms with van der Waals surface area (Å²) in [6, 6.07) is 12.2. The summed E-state index contributed by atoms with van der Waals surface area (Å²) >= 11 is 8.53. The molecular weight excluding hydrogens is 450 g/mol. The monoisotopic (exact) mass is 467 g/mol. The first-order chi connectivity index (χ1) is 13.9. The Morgan fingerprint density at radius 3 is 2.62 bits per heavy atom. The third-order valence-electron chi connectivity index (χ3n) is 4.49. The number of amides is 1. The minimum Gasteiger partial charge on any atom is -0.301 e. The van der Waals surface area contributed by atoms with Crippen molar-refractivity contribution in [2.24, 2.45) is 0 Å². The molecule has 3 aromatic rings. The standard InChI is InChI=1S/C19H18ClN3O3S3/c20-13-3-5-14(6-4-13)27-12-18(24)22-19-21-16-8-7-15(11-17(16)28-19)29(25,26)23-9-1-2-10-23/h3-8,11H,1-2,9-10,12H2,(H,21,22,24). The van der Waals surface area contributed by atoms with Gasteiger partial charge in [0.2, 0.25) is 15.9 Å². The number of thiazole rings is 1. The van der Waals surface area contributed by atoms with Crippen molar-refractivity contribution in [1.82, 2.24) is 9.29 Å². The Labute approximate surface area is 182 Å². The first-order valence-corrected chi connectivity index (χ1v) is 12.6. The van der Waals surface area contributed by atoms with Crippen molar-refractivity contribution >= 4 is 66.0 Å². The SMILES string of the molecule is O=C(CSc1ccc(Cl)cc1)Nc1nc2ccc(S(=O)(=O)N3CCCC3)cc2s1. The molecule has 1 N–H and O–H groups in total. The predicted octanol–water partition coefficient (Wildman–Crippen LogP) is 4.47. The van der Waals surface area contributed by atoms with Gasteiger partial charge in [-0.2, -0.15) is 4.31 Å². The highest BCUT2D eigenvalue weighted by atomic mass is 35.5. The number of nitrogens with one attached hydrogen (secondary N) is 1. The fourth-order valence-electron chi connectivity index (χ4n) is 3.03. The minimum absolute atomic E-state index is 0.172. The Morgan fingerprint density at radius 1 is 1.17 bits per heavy atom. The highest BCUT2D eigenvalue weighted by Gasteiger charge is 2.27. The summed E-state index contributed by atoms with van der Waals surface area (Å²) in [4.78, 5) is 17.8. The van der Waals surface area contributed by atoms with E-state index in [1.165, 1.54) is 27.4 Å². The Hall–Kier alpha value is -1.65. The summed E-state index contributed by atoms with van der Waals surface area (Å²) in [7, 11) is -3.47. The number of carbonyl (C=O) groups excluding carboxylic acids is 1. The van der Waals surface area contributed by atoms with Gasteiger partial charge >= 0.3 is 0 Å². The van der Waals surface area contributed by atoms with E-state index in [1.54, 1.807) is 30.3 Å². The van der Waals surface area contributed by atoms with Gasteiger partial charge < -0.3 is 5.32 Å². The molecule has 0 radical (unpaired) electrons. The van der Waals surface area contributed by atoms with Crippen LogP contribution in [0.1, 0.15) is 12.8 Å². The highest BCUT2D eigenvalue weighted by molar-refractivity contribution is 8.00. The Kier molecular flexibility index (Phi) is 6.12. The molecule has 0 atom stereocenters. The third kappa shape index (κ3) is 4.75. The molecule has 0 saturated carbocycles. The molecule has 29 heavy (non-hydrogen) atoms. The molecule has 1 saturated heterocycles. The van der Waals surface area contributed by atoms with Gasteiger partial charge in [-0.3, -0.25) is 4.79 Å². The van der Waals surface area contributed by atoms with Crippen molar-refractivity contribution in [3.05, 3.63) is 47.5 Å². The average Bonchev–Trinajstić information content (AvgIpc) is 3.37. The molecule has 152 valence electrons. The van der Waals surface area contributed by atoms with Crippen molar-refractivity contribution in [3.8, 4) is 0 Å². The van der Waals surface area contributed by atoms with Gasteiger partial charge in [0.05, 0.1) is 20.9 Å². The molecule has 10 heteroatoms. The van der Waals surface area contributed by atoms with Crippen LogP contribution >= 0.6 is 34.7 Å². The van der Waals surface area contributed by atoms with Crippen molar-refractivity contribution in [3.63, 3.8) is 0 Å². The number of thioether (sulfide) groups is 1. The van der Waals surface area contributed by atoms with E-state index < -0.39 is 10.0 Å². The van der Waals surface area contributed by atoms with Crippen LogP contribution in [0.25, 0.3) is 10.2 Å². The van der Waals surface area contributed by atoms with E-state index in [2.05, 4.69) is 10.3 Å². The molecular formula is C19H18ClN3O3S3. The van der Waals surface area contributed by atoms with Crippen LogP contribution in [0.5, 0.6) is 0 Å². The molecule has 1 aromatic heterocycles. The quantitative estimate of drug-likeness (QED) is 0.541. The van der Waals surface area contributed by atoms with Crippen LogP contribution in [0.2, 0.25) is 5.02 Å². The van der Waals surface area contributed by atoms with Gasteiger partial charge in [-0.1, -0.05) is 22.9 Å². The largest absolute Gasteiger partial charge is 0.301 e. The Balaban J connectivity index is 1.44. The van der Waals surface area contributed by atoms with E-state index in [1.807, 2.05) is 12.1 Å². The summed E-state index contributed by atoms with van der Waals surface area (Å²) in [5, 5.41) is 3.90. The molecule has 0 unspecified atom stereocenters. The van der Waals surface area contributed by atoms with Crippen LogP contribution in [0.3, 0.4) is 0 Å². The van der Waals surface area contributed by atoms with Crippen molar-refractivity contribution in [2.75, 3.05) is 24.2 Å². The van der Waals surface area contributed by atoms with E-state index in [0.717, 1.165) is 22.4 Å². The summed E-state index contributed by atoms with van der Waals surface area (Å²) in [6.45, 7) is 1.13. The second-order valence-corrected chi connectivity index (χ2v) is 11.0. The van der Waals surface area contributed by atoms with Crippen LogP contribution in [0.15, 0.2) is 52.3 Å². The molecule has 0 spiro atoms. The van der Waals surface area contributed by atoms with Crippen LogP contribution in [-0.2, 0) is 14.8 Å². The second kappa shape index (κ2) is 8.61. The number of hydrogen-bond donors (Lipinski definition) is 1. The van der Waals surface area contributed by atoms with E-state index in [4.69, 9.17) is 11.6 Å². The maximum absolute atomic E-state index is 12.7. The number of aromatic nitrogens is 1. The number of carbonyl (C=O) groups is 1. The number of rotatable bonds is 6. The van der Waals surface area contributed by atoms with Crippen LogP contribution in [-0.4, -0.2) is 42.5 Å². The summed E-state index contributed by atoms with van der Waals surface area (Å²) < 4.78 is 27.7. The van der Waals surface area contributed by atoms with Crippen molar-refractivity contribution in [2.45, 2.75) is 22.6 Å². The van der Waals surface area contributed by atoms with Crippen molar-refractivity contribution in [1.29, 1.82) is 0 Å². The number of hydrogen-bond acceptors (Lipinski definition) is 6. The van der Waals surface area contributed by atoms with Gasteiger partial charge in [0.25, 0.3) is 0 Å². The number of nitrogens with zero attached hydrogens (tertiary/aromatic N) is 2. The minimum atomic E-state index is -3.47. The van der Waals surface area contributed by atoms with E-state index in [9.17, 15) is 13.2 Å². The zero-order chi connectivity index (χ0) is 20.4. The maximum atomic E-state index is 12.7. The molecule has 4 rings (SSSR count). The number of benzene rings is 2. The first kappa shape index (κ1) is 20.6. The summed E-state index contributed by atoms with van der Waals surface area (Å²) in [6.07, 6.45) is 1.79. The lowest BCUT2D eigenvalue weighted by atomic mass is 10.3. The van der Waals surface area contributed by atoms with Crippen LogP contribution in [0.4, 0.5) is 5.13 Å². The Morgan fingerprint density at radius 2 is 1.90 bits per heavy atom. The zero-order valence-electron chi connectivity index (χ0n) is 15.3. The van der Waals surface area contributed by atoms with E-state index >= 15 is 0 Å². The number of anilines is 1. The molecule has 2 heterocycles. The van der Waals surface area contributed by atoms with E-state index in [-0.39, 0.29) is 16.6 Å². The molecule has 1 aliphatic rings. The van der Waals surface area contributed by atoms with Gasteiger partial charge in [0.15, 0.2) is 5.13 Å². The first-order valence-electron chi connectivity index (χ1n) is 9.01. The lowest BCUT2D eigenvalue weighted by Gasteiger charge is -2.15. The number of halogens is 1. The molecule has 1 fully saturated rings. The smallest absolute Gasteiger partial charge is 0.243 e. The van der Waals surface area contributed by atoms with Gasteiger partial charge in [0, 0.05) is 23.0 Å². The van der Waals surface area contributed by atoms with Gasteiger partial charge in [-0.25, -0.2) is 13.4 Å². The summed E-state index contributed by atoms with van der Waals surface area (Å²) in [5.74, 6) is 0.0699. The zero-order valence-corrected chi connectivity index (χ0v) is 18.5. The molecule has 0 aliphatic carbocycles. The number of fused-ring (bicyclic) bond motifs is 1. The second-order valence-electron chi connectivity index (χ2n) is 6.55. The maximum Gasteiger partial charge on any atom is 0.243 e. The molecule has 0 bridgehead atoms. The molecule has 1 amide bonds. The third-order valence-corrected chi connectivity index (χ3v) is 8.58. The highest BCUT2D eigenvalue weighted by Crippen LogP contribution is 2.30. The van der Waals surface area contributed by atoms with Crippen LogP contribution in [0, 0.1) is 0 Å². The topological polar surface area (TPSA) is 79.4 Å². The van der Waals surface area contributed by atoms with Crippen LogP contribution < -0.4 is 5.32 Å². The van der Waals surface area contributed by atoms with E-state index in [0.29, 0.717) is 28.8 Å². The van der Waals surface area contributed by atoms with Crippen molar-refractivity contribution < 1.29 is 13.2 Å². The molecule has 6 nitrogen and oxygen atoms in total.